The Kier molecular flexibility index (Phi) is 2.00. The number of H-pyrrole nitrogens is 1. The Bertz CT molecular complexity index is 604. The molecule has 0 unspecified atom stereocenters. The van der Waals surface area contributed by atoms with E-state index in [0.29, 0.717) is 16.9 Å². The number of hydrogen-bond acceptors (Lipinski definition) is 2. The monoisotopic (exact) mass is 236 g/mol. The van der Waals surface area contributed by atoms with Crippen molar-refractivity contribution in [2.45, 2.75) is 0 Å². The molecule has 0 atom stereocenters. The molecule has 0 spiro atoms. The van der Waals surface area contributed by atoms with E-state index in [2.05, 4.69) is 9.97 Å². The molecule has 0 saturated heterocycles. The number of thiophene rings is 1. The first kappa shape index (κ1) is 9.47. The van der Waals surface area contributed by atoms with E-state index in [9.17, 15) is 8.78 Å². The molecular formula is C11H6F2N2S. The molecule has 0 fully saturated rings. The highest BCUT2D eigenvalue weighted by Gasteiger charge is 2.09. The van der Waals surface area contributed by atoms with Crippen molar-refractivity contribution in [3.8, 4) is 11.4 Å². The lowest BCUT2D eigenvalue weighted by Gasteiger charge is -1.90. The van der Waals surface area contributed by atoms with E-state index in [1.165, 1.54) is 0 Å². The molecular weight excluding hydrogens is 230 g/mol. The summed E-state index contributed by atoms with van der Waals surface area (Å²) in [6.45, 7) is 0. The Morgan fingerprint density at radius 1 is 1.19 bits per heavy atom. The van der Waals surface area contributed by atoms with Gasteiger partial charge in [-0.05, 0) is 11.4 Å². The quantitative estimate of drug-likeness (QED) is 0.687. The Hall–Kier alpha value is -1.75. The van der Waals surface area contributed by atoms with Crippen molar-refractivity contribution in [2.75, 3.05) is 0 Å². The Labute approximate surface area is 93.6 Å². The van der Waals surface area contributed by atoms with Crippen LogP contribution in [0.2, 0.25) is 0 Å². The summed E-state index contributed by atoms with van der Waals surface area (Å²) >= 11 is 1.54. The van der Waals surface area contributed by atoms with Gasteiger partial charge in [-0.1, -0.05) is 0 Å². The highest BCUT2D eigenvalue weighted by atomic mass is 32.1. The van der Waals surface area contributed by atoms with E-state index in [1.807, 2.05) is 16.8 Å². The Balaban J connectivity index is 2.23. The highest BCUT2D eigenvalue weighted by molar-refractivity contribution is 7.08. The number of benzene rings is 1. The molecule has 2 heterocycles. The van der Waals surface area contributed by atoms with Crippen LogP contribution in [0.3, 0.4) is 0 Å². The van der Waals surface area contributed by atoms with E-state index in [0.717, 1.165) is 17.7 Å². The van der Waals surface area contributed by atoms with Gasteiger partial charge in [0, 0.05) is 23.1 Å². The minimum Gasteiger partial charge on any atom is -0.338 e. The topological polar surface area (TPSA) is 28.7 Å². The predicted octanol–water partition coefficient (Wildman–Crippen LogP) is 3.57. The fourth-order valence-electron chi connectivity index (χ4n) is 1.54. The average molecular weight is 236 g/mol. The molecule has 3 aromatic rings. The molecule has 0 bridgehead atoms. The number of fused-ring (bicyclic) bond motifs is 1. The zero-order valence-electron chi connectivity index (χ0n) is 8.00. The molecule has 0 saturated carbocycles. The molecule has 2 aromatic heterocycles. The molecule has 0 radical (unpaired) electrons. The average Bonchev–Trinajstić information content (AvgIpc) is 2.86. The van der Waals surface area contributed by atoms with Gasteiger partial charge in [-0.15, -0.1) is 0 Å². The van der Waals surface area contributed by atoms with E-state index in [-0.39, 0.29) is 0 Å². The first-order valence-electron chi connectivity index (χ1n) is 4.61. The van der Waals surface area contributed by atoms with Crippen LogP contribution in [0.15, 0.2) is 29.0 Å². The Morgan fingerprint density at radius 3 is 2.75 bits per heavy atom. The van der Waals surface area contributed by atoms with E-state index >= 15 is 0 Å². The molecule has 5 heteroatoms. The molecule has 0 aliphatic carbocycles. The number of hydrogen-bond donors (Lipinski definition) is 1. The van der Waals surface area contributed by atoms with Gasteiger partial charge in [0.1, 0.15) is 5.82 Å². The van der Waals surface area contributed by atoms with Gasteiger partial charge in [0.25, 0.3) is 0 Å². The van der Waals surface area contributed by atoms with Gasteiger partial charge in [0.15, 0.2) is 11.6 Å². The van der Waals surface area contributed by atoms with Crippen molar-refractivity contribution in [1.29, 1.82) is 0 Å². The number of halogens is 2. The van der Waals surface area contributed by atoms with Crippen molar-refractivity contribution >= 4 is 22.4 Å². The lowest BCUT2D eigenvalue weighted by molar-refractivity contribution is 0.510. The third-order valence-corrected chi connectivity index (χ3v) is 3.00. The zero-order valence-corrected chi connectivity index (χ0v) is 8.81. The minimum atomic E-state index is -0.879. The van der Waals surface area contributed by atoms with Crippen LogP contribution >= 0.6 is 11.3 Å². The predicted molar refractivity (Wildman–Crippen MR) is 59.3 cm³/mol. The van der Waals surface area contributed by atoms with E-state index < -0.39 is 11.6 Å². The van der Waals surface area contributed by atoms with Crippen LogP contribution in [0.4, 0.5) is 8.78 Å². The third kappa shape index (κ3) is 1.40. The number of imidazole rings is 1. The van der Waals surface area contributed by atoms with E-state index in [1.54, 1.807) is 11.3 Å². The SMILES string of the molecule is Fc1cc2nc(-c3ccsc3)[nH]c2cc1F. The highest BCUT2D eigenvalue weighted by Crippen LogP contribution is 2.23. The summed E-state index contributed by atoms with van der Waals surface area (Å²) in [6.07, 6.45) is 0. The molecule has 3 rings (SSSR count). The Morgan fingerprint density at radius 2 is 2.00 bits per heavy atom. The first-order valence-corrected chi connectivity index (χ1v) is 5.55. The van der Waals surface area contributed by atoms with Crippen LogP contribution in [-0.4, -0.2) is 9.97 Å². The molecule has 1 N–H and O–H groups in total. The maximum atomic E-state index is 13.0. The number of aromatic nitrogens is 2. The fourth-order valence-corrected chi connectivity index (χ4v) is 2.18. The van der Waals surface area contributed by atoms with Crippen molar-refractivity contribution in [1.82, 2.24) is 9.97 Å². The lowest BCUT2D eigenvalue weighted by Crippen LogP contribution is -1.82. The summed E-state index contributed by atoms with van der Waals surface area (Å²) in [4.78, 5) is 7.16. The second-order valence-electron chi connectivity index (χ2n) is 3.38. The molecule has 0 aliphatic heterocycles. The summed E-state index contributed by atoms with van der Waals surface area (Å²) in [5, 5.41) is 3.84. The second kappa shape index (κ2) is 3.38. The first-order chi connectivity index (χ1) is 7.74. The van der Waals surface area contributed by atoms with Crippen LogP contribution in [0.25, 0.3) is 22.4 Å². The molecule has 80 valence electrons. The van der Waals surface area contributed by atoms with Crippen LogP contribution < -0.4 is 0 Å². The molecule has 16 heavy (non-hydrogen) atoms. The molecule has 0 aliphatic rings. The van der Waals surface area contributed by atoms with Crippen molar-refractivity contribution in [2.24, 2.45) is 0 Å². The summed E-state index contributed by atoms with van der Waals surface area (Å²) in [5.41, 5.74) is 1.85. The lowest BCUT2D eigenvalue weighted by atomic mass is 10.3. The zero-order chi connectivity index (χ0) is 11.1. The van der Waals surface area contributed by atoms with Gasteiger partial charge in [0.05, 0.1) is 11.0 Å². The number of rotatable bonds is 1. The molecule has 0 amide bonds. The smallest absolute Gasteiger partial charge is 0.161 e. The maximum Gasteiger partial charge on any atom is 0.161 e. The van der Waals surface area contributed by atoms with Gasteiger partial charge in [0.2, 0.25) is 0 Å². The maximum absolute atomic E-state index is 13.0. The van der Waals surface area contributed by atoms with Crippen LogP contribution in [0, 0.1) is 11.6 Å². The van der Waals surface area contributed by atoms with Crippen molar-refractivity contribution in [3.63, 3.8) is 0 Å². The summed E-state index contributed by atoms with van der Waals surface area (Å²) in [6, 6.07) is 4.11. The van der Waals surface area contributed by atoms with Crippen LogP contribution in [-0.2, 0) is 0 Å². The summed E-state index contributed by atoms with van der Waals surface area (Å²) in [5.74, 6) is -1.12. The van der Waals surface area contributed by atoms with Crippen LogP contribution in [0.1, 0.15) is 0 Å². The molecule has 2 nitrogen and oxygen atoms in total. The summed E-state index contributed by atoms with van der Waals surface area (Å²) in [7, 11) is 0. The van der Waals surface area contributed by atoms with Gasteiger partial charge in [-0.2, -0.15) is 11.3 Å². The van der Waals surface area contributed by atoms with Crippen molar-refractivity contribution in [3.05, 3.63) is 40.6 Å². The minimum absolute atomic E-state index is 0.431. The standard InChI is InChI=1S/C11H6F2N2S/c12-7-3-9-10(4-8(7)13)15-11(14-9)6-1-2-16-5-6/h1-5H,(H,14,15). The number of nitrogens with zero attached hydrogens (tertiary/aromatic N) is 1. The van der Waals surface area contributed by atoms with Gasteiger partial charge < -0.3 is 4.98 Å². The normalized spacial score (nSPS) is 11.1. The van der Waals surface area contributed by atoms with Crippen LogP contribution in [0.5, 0.6) is 0 Å². The molecule has 1 aromatic carbocycles. The number of aromatic amines is 1. The third-order valence-electron chi connectivity index (χ3n) is 2.32. The number of nitrogens with one attached hydrogen (secondary N) is 1. The van der Waals surface area contributed by atoms with Crippen molar-refractivity contribution < 1.29 is 8.78 Å². The van der Waals surface area contributed by atoms with E-state index in [4.69, 9.17) is 0 Å². The van der Waals surface area contributed by atoms with Gasteiger partial charge in [-0.3, -0.25) is 0 Å². The largest absolute Gasteiger partial charge is 0.338 e. The fraction of sp³-hybridized carbons (Fsp3) is 0. The second-order valence-corrected chi connectivity index (χ2v) is 4.16. The van der Waals surface area contributed by atoms with Gasteiger partial charge in [-0.25, -0.2) is 13.8 Å². The van der Waals surface area contributed by atoms with Gasteiger partial charge >= 0.3 is 0 Å². The summed E-state index contributed by atoms with van der Waals surface area (Å²) < 4.78 is 26.0.